The molecule has 0 aliphatic rings. The van der Waals surface area contributed by atoms with Gasteiger partial charge in [-0.1, -0.05) is 45.0 Å². The van der Waals surface area contributed by atoms with Crippen LogP contribution in [-0.4, -0.2) is 19.9 Å². The van der Waals surface area contributed by atoms with Crippen LogP contribution in [0.15, 0.2) is 65.1 Å². The number of nitrogens with one attached hydrogen (secondary N) is 2. The predicted molar refractivity (Wildman–Crippen MR) is 123 cm³/mol. The maximum absolute atomic E-state index is 4.83. The van der Waals surface area contributed by atoms with E-state index >= 15 is 0 Å². The number of hydrogen-bond donors (Lipinski definition) is 2. The molecule has 5 aromatic rings. The number of H-pyrrole nitrogens is 2. The summed E-state index contributed by atoms with van der Waals surface area (Å²) in [5, 5.41) is 0. The number of nitrogens with zero attached hydrogens (tertiary/aromatic N) is 2. The first kappa shape index (κ1) is 18.1. The third kappa shape index (κ3) is 3.15. The second-order valence-electron chi connectivity index (χ2n) is 8.34. The van der Waals surface area contributed by atoms with Crippen LogP contribution in [0.2, 0.25) is 0 Å². The van der Waals surface area contributed by atoms with Crippen molar-refractivity contribution >= 4 is 38.0 Å². The Kier molecular flexibility index (Phi) is 4.10. The highest BCUT2D eigenvalue weighted by Crippen LogP contribution is 2.40. The van der Waals surface area contributed by atoms with Gasteiger partial charge in [0.15, 0.2) is 0 Å². The van der Waals surface area contributed by atoms with E-state index in [0.717, 1.165) is 49.3 Å². The Balaban J connectivity index is 1.77. The van der Waals surface area contributed by atoms with Crippen molar-refractivity contribution in [3.05, 3.63) is 70.7 Å². The maximum Gasteiger partial charge on any atom is 0.139 e. The molecule has 3 aromatic carbocycles. The van der Waals surface area contributed by atoms with Crippen LogP contribution >= 0.6 is 15.9 Å². The fraction of sp³-hybridized carbons (Fsp3) is 0.167. The molecular weight excluding hydrogens is 424 g/mol. The van der Waals surface area contributed by atoms with E-state index in [2.05, 4.69) is 58.8 Å². The molecule has 144 valence electrons. The van der Waals surface area contributed by atoms with E-state index in [1.54, 1.807) is 0 Å². The number of halogens is 1. The number of aromatic amines is 2. The van der Waals surface area contributed by atoms with Crippen molar-refractivity contribution in [1.82, 2.24) is 19.9 Å². The van der Waals surface area contributed by atoms with Gasteiger partial charge >= 0.3 is 0 Å². The molecule has 0 amide bonds. The molecule has 0 saturated carbocycles. The molecule has 0 bridgehead atoms. The van der Waals surface area contributed by atoms with Crippen LogP contribution in [-0.2, 0) is 5.41 Å². The van der Waals surface area contributed by atoms with Gasteiger partial charge in [-0.25, -0.2) is 9.97 Å². The lowest BCUT2D eigenvalue weighted by molar-refractivity contribution is 0.590. The van der Waals surface area contributed by atoms with Crippen LogP contribution in [0.1, 0.15) is 26.3 Å². The minimum absolute atomic E-state index is 0.0117. The van der Waals surface area contributed by atoms with Crippen molar-refractivity contribution in [3.8, 4) is 22.8 Å². The van der Waals surface area contributed by atoms with Gasteiger partial charge in [-0.2, -0.15) is 0 Å². The summed E-state index contributed by atoms with van der Waals surface area (Å²) in [5.41, 5.74) is 7.26. The Morgan fingerprint density at radius 2 is 1.17 bits per heavy atom. The molecule has 0 aliphatic carbocycles. The summed E-state index contributed by atoms with van der Waals surface area (Å²) in [5.74, 6) is 1.70. The highest BCUT2D eigenvalue weighted by atomic mass is 79.9. The molecule has 0 saturated heterocycles. The summed E-state index contributed by atoms with van der Waals surface area (Å²) in [6, 6.07) is 20.6. The molecule has 0 radical (unpaired) electrons. The lowest BCUT2D eigenvalue weighted by Gasteiger charge is -2.22. The van der Waals surface area contributed by atoms with Gasteiger partial charge in [0.2, 0.25) is 0 Å². The zero-order chi connectivity index (χ0) is 20.2. The fourth-order valence-electron chi connectivity index (χ4n) is 3.56. The summed E-state index contributed by atoms with van der Waals surface area (Å²) in [6.45, 7) is 6.67. The SMILES string of the molecule is CC(C)(C)c1cc(-c2nc3ccccc3[nH]2)c(Br)c(-c2nc3ccccc3[nH]2)c1. The molecule has 0 unspecified atom stereocenters. The molecule has 5 rings (SSSR count). The molecule has 2 aromatic heterocycles. The number of rotatable bonds is 2. The normalized spacial score (nSPS) is 12.1. The van der Waals surface area contributed by atoms with Gasteiger partial charge in [0.25, 0.3) is 0 Å². The topological polar surface area (TPSA) is 57.4 Å². The second kappa shape index (κ2) is 6.56. The van der Waals surface area contributed by atoms with Crippen molar-refractivity contribution in [2.45, 2.75) is 26.2 Å². The second-order valence-corrected chi connectivity index (χ2v) is 9.13. The number of benzene rings is 3. The van der Waals surface area contributed by atoms with Crippen LogP contribution in [0.25, 0.3) is 44.8 Å². The van der Waals surface area contributed by atoms with Crippen LogP contribution in [0, 0.1) is 0 Å². The molecule has 2 heterocycles. The molecule has 29 heavy (non-hydrogen) atoms. The minimum Gasteiger partial charge on any atom is -0.338 e. The van der Waals surface area contributed by atoms with Crippen molar-refractivity contribution in [2.75, 3.05) is 0 Å². The molecule has 0 atom stereocenters. The van der Waals surface area contributed by atoms with E-state index in [-0.39, 0.29) is 5.41 Å². The predicted octanol–water partition coefficient (Wildman–Crippen LogP) is 6.83. The number of hydrogen-bond acceptors (Lipinski definition) is 2. The van der Waals surface area contributed by atoms with E-state index < -0.39 is 0 Å². The van der Waals surface area contributed by atoms with Gasteiger partial charge in [-0.3, -0.25) is 0 Å². The van der Waals surface area contributed by atoms with Gasteiger partial charge in [0.05, 0.1) is 22.1 Å². The average Bonchev–Trinajstić information content (AvgIpc) is 3.31. The largest absolute Gasteiger partial charge is 0.338 e. The lowest BCUT2D eigenvalue weighted by atomic mass is 9.85. The third-order valence-electron chi connectivity index (χ3n) is 5.23. The van der Waals surface area contributed by atoms with Crippen molar-refractivity contribution in [2.24, 2.45) is 0 Å². The highest BCUT2D eigenvalue weighted by Gasteiger charge is 2.22. The molecule has 0 aliphatic heterocycles. The summed E-state index contributed by atoms with van der Waals surface area (Å²) in [7, 11) is 0. The Bertz CT molecular complexity index is 1190. The first-order valence-electron chi connectivity index (χ1n) is 9.64. The molecule has 5 heteroatoms. The number of fused-ring (bicyclic) bond motifs is 2. The minimum atomic E-state index is -0.0117. The molecule has 4 nitrogen and oxygen atoms in total. The Hall–Kier alpha value is -2.92. The Morgan fingerprint density at radius 1 is 0.724 bits per heavy atom. The average molecular weight is 445 g/mol. The van der Waals surface area contributed by atoms with Gasteiger partial charge in [0, 0.05) is 15.6 Å². The first-order valence-corrected chi connectivity index (χ1v) is 10.4. The van der Waals surface area contributed by atoms with E-state index in [1.807, 2.05) is 48.5 Å². The molecule has 0 spiro atoms. The van der Waals surface area contributed by atoms with E-state index in [0.29, 0.717) is 0 Å². The quantitative estimate of drug-likeness (QED) is 0.313. The summed E-state index contributed by atoms with van der Waals surface area (Å²) in [6.07, 6.45) is 0. The van der Waals surface area contributed by atoms with Crippen LogP contribution in [0.3, 0.4) is 0 Å². The standard InChI is InChI=1S/C24H21BrN4/c1-24(2,3)14-12-15(22-26-17-8-4-5-9-18(17)27-22)21(25)16(13-14)23-28-19-10-6-7-11-20(19)29-23/h4-13H,1-3H3,(H,26,27)(H,28,29). The van der Waals surface area contributed by atoms with Gasteiger partial charge in [0.1, 0.15) is 11.6 Å². The van der Waals surface area contributed by atoms with E-state index in [4.69, 9.17) is 9.97 Å². The smallest absolute Gasteiger partial charge is 0.139 e. The first-order chi connectivity index (χ1) is 13.9. The molecular formula is C24H21BrN4. The number of para-hydroxylation sites is 4. The van der Waals surface area contributed by atoms with Crippen LogP contribution in [0.4, 0.5) is 0 Å². The van der Waals surface area contributed by atoms with Gasteiger partial charge in [-0.05, 0) is 63.3 Å². The van der Waals surface area contributed by atoms with Gasteiger partial charge < -0.3 is 9.97 Å². The maximum atomic E-state index is 4.83. The zero-order valence-electron chi connectivity index (χ0n) is 16.5. The molecule has 2 N–H and O–H groups in total. The Morgan fingerprint density at radius 3 is 1.59 bits per heavy atom. The Labute approximate surface area is 177 Å². The number of aromatic nitrogens is 4. The summed E-state index contributed by atoms with van der Waals surface area (Å²) < 4.78 is 0.976. The highest BCUT2D eigenvalue weighted by molar-refractivity contribution is 9.10. The van der Waals surface area contributed by atoms with E-state index in [9.17, 15) is 0 Å². The van der Waals surface area contributed by atoms with Crippen molar-refractivity contribution in [1.29, 1.82) is 0 Å². The number of imidazole rings is 2. The summed E-state index contributed by atoms with van der Waals surface area (Å²) in [4.78, 5) is 16.6. The van der Waals surface area contributed by atoms with E-state index in [1.165, 1.54) is 5.56 Å². The third-order valence-corrected chi connectivity index (χ3v) is 6.08. The molecule has 0 fully saturated rings. The summed E-state index contributed by atoms with van der Waals surface area (Å²) >= 11 is 3.85. The van der Waals surface area contributed by atoms with Gasteiger partial charge in [-0.15, -0.1) is 0 Å². The van der Waals surface area contributed by atoms with Crippen molar-refractivity contribution < 1.29 is 0 Å². The van der Waals surface area contributed by atoms with Crippen LogP contribution in [0.5, 0.6) is 0 Å². The lowest BCUT2D eigenvalue weighted by Crippen LogP contribution is -2.12. The zero-order valence-corrected chi connectivity index (χ0v) is 18.1. The van der Waals surface area contributed by atoms with Crippen LogP contribution < -0.4 is 0 Å². The fourth-order valence-corrected chi connectivity index (χ4v) is 4.17. The monoisotopic (exact) mass is 444 g/mol. The van der Waals surface area contributed by atoms with Crippen molar-refractivity contribution in [3.63, 3.8) is 0 Å².